The van der Waals surface area contributed by atoms with Crippen molar-refractivity contribution in [3.63, 3.8) is 0 Å². The van der Waals surface area contributed by atoms with Crippen molar-refractivity contribution in [1.29, 1.82) is 0 Å². The zero-order valence-electron chi connectivity index (χ0n) is 9.94. The molecule has 0 heterocycles. The topological polar surface area (TPSA) is 18.5 Å². The molecule has 2 nitrogen and oxygen atoms in total. The first-order valence-corrected chi connectivity index (χ1v) is 5.65. The summed E-state index contributed by atoms with van der Waals surface area (Å²) in [5.41, 5.74) is 4.08. The molecule has 3 rings (SSSR count). The minimum Gasteiger partial charge on any atom is -0.497 e. The molecule has 0 amide bonds. The molecule has 1 aliphatic carbocycles. The highest BCUT2D eigenvalue weighted by Crippen LogP contribution is 2.49. The van der Waals surface area contributed by atoms with Crippen LogP contribution in [0, 0.1) is 0 Å². The molecule has 2 heteroatoms. The number of benzene rings is 2. The largest absolute Gasteiger partial charge is 0.497 e. The van der Waals surface area contributed by atoms with Gasteiger partial charge in [-0.2, -0.15) is 0 Å². The van der Waals surface area contributed by atoms with Gasteiger partial charge >= 0.3 is 0 Å². The van der Waals surface area contributed by atoms with E-state index in [0.717, 1.165) is 11.5 Å². The highest BCUT2D eigenvalue weighted by molar-refractivity contribution is 5.62. The van der Waals surface area contributed by atoms with E-state index >= 15 is 0 Å². The highest BCUT2D eigenvalue weighted by Gasteiger charge is 2.33. The van der Waals surface area contributed by atoms with Crippen molar-refractivity contribution >= 4 is 0 Å². The molecule has 1 atom stereocenters. The van der Waals surface area contributed by atoms with Crippen LogP contribution in [0.5, 0.6) is 11.5 Å². The lowest BCUT2D eigenvalue weighted by Gasteiger charge is -2.01. The minimum absolute atomic E-state index is 0.449. The number of hydrogen-bond donors (Lipinski definition) is 0. The van der Waals surface area contributed by atoms with E-state index in [9.17, 15) is 0 Å². The maximum absolute atomic E-state index is 5.23. The Morgan fingerprint density at radius 3 is 2.06 bits per heavy atom. The maximum atomic E-state index is 5.23. The summed E-state index contributed by atoms with van der Waals surface area (Å²) < 4.78 is 10.4. The Morgan fingerprint density at radius 2 is 1.41 bits per heavy atom. The van der Waals surface area contributed by atoms with E-state index in [2.05, 4.69) is 24.3 Å². The van der Waals surface area contributed by atoms with Crippen LogP contribution in [-0.2, 0) is 0 Å². The first-order chi connectivity index (χ1) is 8.33. The van der Waals surface area contributed by atoms with Crippen molar-refractivity contribution in [2.45, 2.75) is 5.92 Å². The lowest BCUT2D eigenvalue weighted by molar-refractivity contribution is 0.414. The van der Waals surface area contributed by atoms with Gasteiger partial charge in [0.05, 0.1) is 14.2 Å². The van der Waals surface area contributed by atoms with Gasteiger partial charge in [-0.25, -0.2) is 0 Å². The summed E-state index contributed by atoms with van der Waals surface area (Å²) in [4.78, 5) is 0. The predicted molar refractivity (Wildman–Crippen MR) is 66.9 cm³/mol. The molecule has 0 spiro atoms. The van der Waals surface area contributed by atoms with Crippen molar-refractivity contribution in [3.8, 4) is 11.5 Å². The molecule has 1 aliphatic rings. The van der Waals surface area contributed by atoms with Gasteiger partial charge < -0.3 is 9.47 Å². The summed E-state index contributed by atoms with van der Waals surface area (Å²) in [5, 5.41) is 0. The second-order valence-electron chi connectivity index (χ2n) is 4.20. The molecule has 0 fully saturated rings. The minimum atomic E-state index is 0.449. The molecular weight excluding hydrogens is 212 g/mol. The van der Waals surface area contributed by atoms with Crippen LogP contribution in [0.4, 0.5) is 0 Å². The van der Waals surface area contributed by atoms with Gasteiger partial charge in [0.1, 0.15) is 11.5 Å². The summed E-state index contributed by atoms with van der Waals surface area (Å²) in [6.07, 6.45) is 0. The van der Waals surface area contributed by atoms with E-state index in [4.69, 9.17) is 9.47 Å². The zero-order valence-corrected chi connectivity index (χ0v) is 9.94. The molecule has 0 saturated carbocycles. The third-order valence-electron chi connectivity index (χ3n) is 3.28. The third kappa shape index (κ3) is 1.66. The monoisotopic (exact) mass is 226 g/mol. The normalized spacial score (nSPS) is 16.2. The van der Waals surface area contributed by atoms with Gasteiger partial charge in [-0.3, -0.25) is 0 Å². The van der Waals surface area contributed by atoms with Crippen LogP contribution in [0.3, 0.4) is 0 Å². The summed E-state index contributed by atoms with van der Waals surface area (Å²) in [7, 11) is 3.39. The number of ether oxygens (including phenoxy) is 2. The molecular formula is C15H14O2. The van der Waals surface area contributed by atoms with E-state index in [1.54, 1.807) is 14.2 Å². The number of hydrogen-bond acceptors (Lipinski definition) is 2. The van der Waals surface area contributed by atoms with Gasteiger partial charge in [0.2, 0.25) is 0 Å². The number of rotatable bonds is 3. The summed E-state index contributed by atoms with van der Waals surface area (Å²) in [5.74, 6) is 2.28. The quantitative estimate of drug-likeness (QED) is 0.682. The Morgan fingerprint density at radius 1 is 0.765 bits per heavy atom. The fraction of sp³-hybridized carbons (Fsp3) is 0.200. The fourth-order valence-electron chi connectivity index (χ4n) is 2.27. The summed E-state index contributed by atoms with van der Waals surface area (Å²) in [6.45, 7) is 0. The Balaban J connectivity index is 1.88. The first-order valence-electron chi connectivity index (χ1n) is 5.65. The van der Waals surface area contributed by atoms with Crippen LogP contribution in [0.25, 0.3) is 0 Å². The number of methoxy groups -OCH3 is 2. The lowest BCUT2D eigenvalue weighted by atomic mass is 10.1. The number of fused-ring (bicyclic) bond motifs is 1. The molecule has 0 saturated heterocycles. The Kier molecular flexibility index (Phi) is 2.29. The second-order valence-corrected chi connectivity index (χ2v) is 4.20. The molecule has 0 aromatic heterocycles. The predicted octanol–water partition coefficient (Wildman–Crippen LogP) is 3.20. The van der Waals surface area contributed by atoms with Crippen molar-refractivity contribution < 1.29 is 9.47 Å². The molecule has 1 unspecified atom stereocenters. The Hall–Kier alpha value is -1.96. The molecule has 0 aliphatic heterocycles. The van der Waals surface area contributed by atoms with Crippen LogP contribution < -0.4 is 9.47 Å². The van der Waals surface area contributed by atoms with Crippen LogP contribution in [0.1, 0.15) is 22.6 Å². The zero-order chi connectivity index (χ0) is 11.8. The smallest absolute Gasteiger partial charge is 0.119 e. The standard InChI is InChI=1S/C15H14O2/c1-16-11-5-3-10(4-6-11)15-13-8-7-12(17-2)9-14(13)15/h3-9,15H,1-2H3. The molecule has 86 valence electrons. The SMILES string of the molecule is COc1ccc(C2c3ccc(OC)cc32)cc1. The van der Waals surface area contributed by atoms with Crippen LogP contribution in [0.2, 0.25) is 0 Å². The van der Waals surface area contributed by atoms with Crippen LogP contribution in [0.15, 0.2) is 42.5 Å². The molecule has 0 N–H and O–H groups in total. The average Bonchev–Trinajstić information content (AvgIpc) is 3.12. The van der Waals surface area contributed by atoms with Crippen LogP contribution >= 0.6 is 0 Å². The Bertz CT molecular complexity index is 543. The van der Waals surface area contributed by atoms with E-state index in [0.29, 0.717) is 5.92 Å². The second kappa shape index (κ2) is 3.81. The lowest BCUT2D eigenvalue weighted by Crippen LogP contribution is -1.84. The molecule has 2 aromatic carbocycles. The molecule has 2 aromatic rings. The first kappa shape index (κ1) is 10.2. The van der Waals surface area contributed by atoms with Crippen LogP contribution in [-0.4, -0.2) is 14.2 Å². The van der Waals surface area contributed by atoms with Gasteiger partial charge in [-0.05, 0) is 41.0 Å². The van der Waals surface area contributed by atoms with Gasteiger partial charge in [0.15, 0.2) is 0 Å². The fourth-order valence-corrected chi connectivity index (χ4v) is 2.27. The van der Waals surface area contributed by atoms with Gasteiger partial charge in [0, 0.05) is 5.92 Å². The van der Waals surface area contributed by atoms with E-state index in [-0.39, 0.29) is 0 Å². The average molecular weight is 226 g/mol. The molecule has 0 bridgehead atoms. The van der Waals surface area contributed by atoms with Gasteiger partial charge in [0.25, 0.3) is 0 Å². The van der Waals surface area contributed by atoms with Crippen molar-refractivity contribution in [3.05, 3.63) is 59.2 Å². The van der Waals surface area contributed by atoms with E-state index in [1.165, 1.54) is 16.7 Å². The maximum Gasteiger partial charge on any atom is 0.119 e. The van der Waals surface area contributed by atoms with Gasteiger partial charge in [-0.1, -0.05) is 18.2 Å². The summed E-state index contributed by atoms with van der Waals surface area (Å²) >= 11 is 0. The van der Waals surface area contributed by atoms with E-state index in [1.807, 2.05) is 18.2 Å². The molecule has 17 heavy (non-hydrogen) atoms. The van der Waals surface area contributed by atoms with Crippen molar-refractivity contribution in [2.24, 2.45) is 0 Å². The Labute approximate surface area is 101 Å². The summed E-state index contributed by atoms with van der Waals surface area (Å²) in [6, 6.07) is 14.5. The van der Waals surface area contributed by atoms with Crippen molar-refractivity contribution in [1.82, 2.24) is 0 Å². The third-order valence-corrected chi connectivity index (χ3v) is 3.28. The highest BCUT2D eigenvalue weighted by atomic mass is 16.5. The van der Waals surface area contributed by atoms with E-state index < -0.39 is 0 Å². The van der Waals surface area contributed by atoms with Crippen molar-refractivity contribution in [2.75, 3.05) is 14.2 Å². The van der Waals surface area contributed by atoms with Gasteiger partial charge in [-0.15, -0.1) is 0 Å². The molecule has 0 radical (unpaired) electrons.